The zero-order valence-electron chi connectivity index (χ0n) is 16.2. The monoisotopic (exact) mass is 422 g/mol. The number of amides is 2. The van der Waals surface area contributed by atoms with Crippen molar-refractivity contribution in [1.29, 1.82) is 0 Å². The van der Waals surface area contributed by atoms with E-state index >= 15 is 0 Å². The summed E-state index contributed by atoms with van der Waals surface area (Å²) in [7, 11) is 0. The van der Waals surface area contributed by atoms with Crippen molar-refractivity contribution in [3.8, 4) is 0 Å². The van der Waals surface area contributed by atoms with Crippen molar-refractivity contribution in [2.45, 2.75) is 19.9 Å². The minimum atomic E-state index is -0.600. The minimum Gasteiger partial charge on any atom is -0.348 e. The third-order valence-electron chi connectivity index (χ3n) is 4.63. The average molecular weight is 422 g/mol. The lowest BCUT2D eigenvalue weighted by molar-refractivity contribution is -0.115. The smallest absolute Gasteiger partial charge is 0.260 e. The molecule has 6 nitrogen and oxygen atoms in total. The van der Waals surface area contributed by atoms with Gasteiger partial charge in [-0.15, -0.1) is 11.3 Å². The number of rotatable bonds is 6. The number of thiazole rings is 1. The van der Waals surface area contributed by atoms with Crippen molar-refractivity contribution in [3.63, 3.8) is 0 Å². The summed E-state index contributed by atoms with van der Waals surface area (Å²) < 4.78 is 15.8. The fourth-order valence-electron chi connectivity index (χ4n) is 3.18. The lowest BCUT2D eigenvalue weighted by Gasteiger charge is -2.06. The van der Waals surface area contributed by atoms with Crippen LogP contribution in [0.3, 0.4) is 0 Å². The molecule has 30 heavy (non-hydrogen) atoms. The number of nitrogens with zero attached hydrogens (tertiary/aromatic N) is 2. The summed E-state index contributed by atoms with van der Waals surface area (Å²) in [5.41, 5.74) is 2.30. The third-order valence-corrected chi connectivity index (χ3v) is 5.43. The second-order valence-electron chi connectivity index (χ2n) is 6.68. The van der Waals surface area contributed by atoms with Crippen molar-refractivity contribution in [3.05, 3.63) is 77.2 Å². The molecule has 0 radical (unpaired) electrons. The number of hydrogen-bond donors (Lipinski definition) is 2. The number of carbonyl (C=O) groups is 2. The molecule has 4 aromatic rings. The summed E-state index contributed by atoms with van der Waals surface area (Å²) in [5, 5.41) is 8.50. The number of aryl methyl sites for hydroxylation is 1. The molecule has 2 amide bonds. The van der Waals surface area contributed by atoms with Gasteiger partial charge in [0, 0.05) is 34.7 Å². The molecule has 2 aromatic carbocycles. The van der Waals surface area contributed by atoms with E-state index in [1.165, 1.54) is 29.5 Å². The fraction of sp³-hybridized carbons (Fsp3) is 0.136. The number of carbonyl (C=O) groups excluding carboxylic acids is 2. The Bertz CT molecular complexity index is 1230. The topological polar surface area (TPSA) is 76.0 Å². The van der Waals surface area contributed by atoms with Gasteiger partial charge in [0.15, 0.2) is 5.13 Å². The largest absolute Gasteiger partial charge is 0.348 e. The van der Waals surface area contributed by atoms with Crippen LogP contribution in [0.25, 0.3) is 10.9 Å². The molecule has 0 saturated heterocycles. The second kappa shape index (κ2) is 8.46. The zero-order valence-corrected chi connectivity index (χ0v) is 17.0. The molecular formula is C22H19FN4O2S. The van der Waals surface area contributed by atoms with Gasteiger partial charge in [-0.3, -0.25) is 14.9 Å². The van der Waals surface area contributed by atoms with Crippen LogP contribution < -0.4 is 10.6 Å². The first-order chi connectivity index (χ1) is 14.5. The van der Waals surface area contributed by atoms with Gasteiger partial charge < -0.3 is 9.88 Å². The molecule has 0 fully saturated rings. The van der Waals surface area contributed by atoms with Crippen LogP contribution in [0.4, 0.5) is 15.2 Å². The molecule has 0 atom stereocenters. The van der Waals surface area contributed by atoms with E-state index in [2.05, 4.69) is 27.1 Å². The van der Waals surface area contributed by atoms with E-state index in [0.29, 0.717) is 16.5 Å². The lowest BCUT2D eigenvalue weighted by Crippen LogP contribution is -2.15. The van der Waals surface area contributed by atoms with Gasteiger partial charge in [0.2, 0.25) is 5.91 Å². The first-order valence-electron chi connectivity index (χ1n) is 9.42. The van der Waals surface area contributed by atoms with Crippen LogP contribution in [0.5, 0.6) is 0 Å². The number of fused-ring (bicyclic) bond motifs is 1. The first kappa shape index (κ1) is 19.8. The van der Waals surface area contributed by atoms with Gasteiger partial charge in [-0.25, -0.2) is 9.37 Å². The zero-order chi connectivity index (χ0) is 21.1. The Kier molecular flexibility index (Phi) is 5.58. The third kappa shape index (κ3) is 4.23. The van der Waals surface area contributed by atoms with Crippen LogP contribution >= 0.6 is 11.3 Å². The SMILES string of the molecule is CCn1ccc2cc(NC(=O)Cc3csc(NC(=O)c4ccccc4F)n3)ccc21. The molecule has 0 saturated carbocycles. The quantitative estimate of drug-likeness (QED) is 0.473. The molecule has 0 spiro atoms. The van der Waals surface area contributed by atoms with Crippen LogP contribution in [0.1, 0.15) is 23.0 Å². The highest BCUT2D eigenvalue weighted by Crippen LogP contribution is 2.22. The van der Waals surface area contributed by atoms with E-state index < -0.39 is 11.7 Å². The molecule has 152 valence electrons. The van der Waals surface area contributed by atoms with Crippen LogP contribution in [0.2, 0.25) is 0 Å². The van der Waals surface area contributed by atoms with Crippen molar-refractivity contribution in [2.75, 3.05) is 10.6 Å². The van der Waals surface area contributed by atoms with Gasteiger partial charge in [-0.2, -0.15) is 0 Å². The van der Waals surface area contributed by atoms with Crippen LogP contribution in [0, 0.1) is 5.82 Å². The van der Waals surface area contributed by atoms with Gasteiger partial charge in [0.05, 0.1) is 17.7 Å². The molecule has 0 aliphatic rings. The van der Waals surface area contributed by atoms with Gasteiger partial charge in [0.1, 0.15) is 5.82 Å². The molecule has 4 rings (SSSR count). The highest BCUT2D eigenvalue weighted by molar-refractivity contribution is 7.14. The molecule has 2 N–H and O–H groups in total. The summed E-state index contributed by atoms with van der Waals surface area (Å²) in [6.45, 7) is 2.96. The Balaban J connectivity index is 1.38. The molecular weight excluding hydrogens is 403 g/mol. The van der Waals surface area contributed by atoms with Gasteiger partial charge in [-0.05, 0) is 43.3 Å². The highest BCUT2D eigenvalue weighted by atomic mass is 32.1. The molecule has 0 unspecified atom stereocenters. The first-order valence-corrected chi connectivity index (χ1v) is 10.3. The Hall–Kier alpha value is -3.52. The maximum atomic E-state index is 13.7. The lowest BCUT2D eigenvalue weighted by atomic mass is 10.2. The van der Waals surface area contributed by atoms with Gasteiger partial charge in [-0.1, -0.05) is 12.1 Å². The second-order valence-corrected chi connectivity index (χ2v) is 7.54. The number of halogens is 1. The number of aromatic nitrogens is 2. The summed E-state index contributed by atoms with van der Waals surface area (Å²) in [5.74, 6) is -1.38. The maximum Gasteiger partial charge on any atom is 0.260 e. The van der Waals surface area contributed by atoms with E-state index in [9.17, 15) is 14.0 Å². The van der Waals surface area contributed by atoms with Gasteiger partial charge in [0.25, 0.3) is 5.91 Å². The van der Waals surface area contributed by atoms with Crippen molar-refractivity contribution in [1.82, 2.24) is 9.55 Å². The van der Waals surface area contributed by atoms with E-state index in [-0.39, 0.29) is 17.9 Å². The van der Waals surface area contributed by atoms with E-state index in [4.69, 9.17) is 0 Å². The van der Waals surface area contributed by atoms with Crippen LogP contribution in [-0.4, -0.2) is 21.4 Å². The summed E-state index contributed by atoms with van der Waals surface area (Å²) in [4.78, 5) is 28.8. The van der Waals surface area contributed by atoms with Crippen LogP contribution in [-0.2, 0) is 17.8 Å². The number of hydrogen-bond acceptors (Lipinski definition) is 4. The summed E-state index contributed by atoms with van der Waals surface area (Å²) in [6.07, 6.45) is 2.09. The number of anilines is 2. The predicted octanol–water partition coefficient (Wildman–Crippen LogP) is 4.69. The van der Waals surface area contributed by atoms with E-state index in [1.807, 2.05) is 30.5 Å². The molecule has 2 heterocycles. The standard InChI is InChI=1S/C22H19FN4O2S/c1-2-27-10-9-14-11-15(7-8-19(14)27)24-20(28)12-16-13-30-22(25-16)26-21(29)17-5-3-4-6-18(17)23/h3-11,13H,2,12H2,1H3,(H,24,28)(H,25,26,29). The van der Waals surface area contributed by atoms with E-state index in [1.54, 1.807) is 11.4 Å². The molecule has 2 aromatic heterocycles. The molecule has 0 aliphatic heterocycles. The summed E-state index contributed by atoms with van der Waals surface area (Å²) in [6, 6.07) is 13.5. The van der Waals surface area contributed by atoms with Crippen molar-refractivity contribution >= 4 is 44.9 Å². The number of nitrogens with one attached hydrogen (secondary N) is 2. The molecule has 0 bridgehead atoms. The highest BCUT2D eigenvalue weighted by Gasteiger charge is 2.14. The minimum absolute atomic E-state index is 0.0562. The maximum absolute atomic E-state index is 13.7. The molecule has 8 heteroatoms. The van der Waals surface area contributed by atoms with E-state index in [0.717, 1.165) is 17.4 Å². The normalized spacial score (nSPS) is 10.9. The van der Waals surface area contributed by atoms with Crippen molar-refractivity contribution in [2.24, 2.45) is 0 Å². The number of benzene rings is 2. The Morgan fingerprint density at radius 3 is 2.77 bits per heavy atom. The summed E-state index contributed by atoms with van der Waals surface area (Å²) >= 11 is 1.19. The molecule has 0 aliphatic carbocycles. The van der Waals surface area contributed by atoms with Gasteiger partial charge >= 0.3 is 0 Å². The fourth-order valence-corrected chi connectivity index (χ4v) is 3.88. The Labute approximate surface area is 176 Å². The Morgan fingerprint density at radius 2 is 1.97 bits per heavy atom. The van der Waals surface area contributed by atoms with Crippen LogP contribution in [0.15, 0.2) is 60.1 Å². The average Bonchev–Trinajstić information content (AvgIpc) is 3.34. The Morgan fingerprint density at radius 1 is 1.13 bits per heavy atom. The predicted molar refractivity (Wildman–Crippen MR) is 116 cm³/mol. The van der Waals surface area contributed by atoms with Crippen molar-refractivity contribution < 1.29 is 14.0 Å².